The number of aryl methyl sites for hydroxylation is 2. The lowest BCUT2D eigenvalue weighted by molar-refractivity contribution is 0.700. The average molecular weight is 297 g/mol. The van der Waals surface area contributed by atoms with E-state index in [9.17, 15) is 0 Å². The second-order valence-corrected chi connectivity index (χ2v) is 6.84. The first kappa shape index (κ1) is 13.0. The van der Waals surface area contributed by atoms with Gasteiger partial charge in [-0.05, 0) is 50.2 Å². The Kier molecular flexibility index (Phi) is 3.26. The van der Waals surface area contributed by atoms with E-state index in [0.717, 1.165) is 23.5 Å². The first-order chi connectivity index (χ1) is 10.3. The summed E-state index contributed by atoms with van der Waals surface area (Å²) >= 11 is 1.86. The minimum absolute atomic E-state index is 1.07. The van der Waals surface area contributed by atoms with Crippen molar-refractivity contribution in [2.45, 2.75) is 38.5 Å². The van der Waals surface area contributed by atoms with Gasteiger partial charge in [0, 0.05) is 17.6 Å². The van der Waals surface area contributed by atoms with Crippen molar-refractivity contribution in [2.75, 3.05) is 11.9 Å². The molecule has 4 heteroatoms. The Balaban J connectivity index is 1.86. The molecule has 0 saturated carbocycles. The van der Waals surface area contributed by atoms with Crippen molar-refractivity contribution < 1.29 is 0 Å². The number of rotatable bonds is 2. The first-order valence-electron chi connectivity index (χ1n) is 7.70. The van der Waals surface area contributed by atoms with Gasteiger partial charge in [0.15, 0.2) is 0 Å². The third kappa shape index (κ3) is 2.18. The molecule has 2 aromatic heterocycles. The van der Waals surface area contributed by atoms with Crippen molar-refractivity contribution >= 4 is 27.4 Å². The van der Waals surface area contributed by atoms with Gasteiger partial charge in [0.25, 0.3) is 0 Å². The highest BCUT2D eigenvalue weighted by Gasteiger charge is 2.22. The number of fused-ring (bicyclic) bond motifs is 3. The van der Waals surface area contributed by atoms with Gasteiger partial charge in [-0.1, -0.05) is 12.2 Å². The maximum atomic E-state index is 4.61. The molecule has 108 valence electrons. The lowest BCUT2D eigenvalue weighted by atomic mass is 9.97. The van der Waals surface area contributed by atoms with Crippen molar-refractivity contribution in [1.29, 1.82) is 0 Å². The molecule has 0 unspecified atom stereocenters. The highest BCUT2D eigenvalue weighted by atomic mass is 32.1. The van der Waals surface area contributed by atoms with Crippen molar-refractivity contribution in [3.05, 3.63) is 40.7 Å². The number of likely N-dealkylation sites (N-methyl/N-ethyl adjacent to an activating group) is 1. The van der Waals surface area contributed by atoms with Crippen LogP contribution in [-0.2, 0) is 12.8 Å². The van der Waals surface area contributed by atoms with E-state index in [-0.39, 0.29) is 0 Å². The molecule has 4 rings (SSSR count). The average Bonchev–Trinajstić information content (AvgIpc) is 2.93. The zero-order valence-corrected chi connectivity index (χ0v) is 13.1. The lowest BCUT2D eigenvalue weighted by Crippen LogP contribution is -2.18. The van der Waals surface area contributed by atoms with Crippen LogP contribution in [0, 0.1) is 0 Å². The number of allylic oxidation sites excluding steroid dienone is 3. The molecular formula is C17H19N3S. The quantitative estimate of drug-likeness (QED) is 0.830. The Morgan fingerprint density at radius 2 is 2.05 bits per heavy atom. The summed E-state index contributed by atoms with van der Waals surface area (Å²) < 4.78 is 0. The molecule has 3 nitrogen and oxygen atoms in total. The van der Waals surface area contributed by atoms with Crippen LogP contribution in [0.3, 0.4) is 0 Å². The van der Waals surface area contributed by atoms with Gasteiger partial charge in [0.05, 0.1) is 5.39 Å². The first-order valence-corrected chi connectivity index (χ1v) is 8.52. The fourth-order valence-electron chi connectivity index (χ4n) is 3.30. The van der Waals surface area contributed by atoms with Gasteiger partial charge < -0.3 is 4.90 Å². The molecule has 0 aromatic carbocycles. The Hall–Kier alpha value is -1.68. The molecule has 2 aliphatic rings. The summed E-state index contributed by atoms with van der Waals surface area (Å²) in [4.78, 5) is 14.0. The fourth-order valence-corrected chi connectivity index (χ4v) is 4.52. The number of hydrogen-bond acceptors (Lipinski definition) is 4. The van der Waals surface area contributed by atoms with Gasteiger partial charge in [-0.25, -0.2) is 9.97 Å². The van der Waals surface area contributed by atoms with Crippen molar-refractivity contribution in [2.24, 2.45) is 0 Å². The topological polar surface area (TPSA) is 29.0 Å². The molecule has 2 aromatic rings. The summed E-state index contributed by atoms with van der Waals surface area (Å²) in [5.41, 5.74) is 2.75. The molecule has 0 amide bonds. The molecule has 0 radical (unpaired) electrons. The molecule has 0 fully saturated rings. The van der Waals surface area contributed by atoms with Crippen molar-refractivity contribution in [1.82, 2.24) is 9.97 Å². The molecule has 2 aliphatic carbocycles. The van der Waals surface area contributed by atoms with Gasteiger partial charge in [-0.15, -0.1) is 11.3 Å². The molecule has 0 saturated heterocycles. The normalized spacial score (nSPS) is 17.7. The third-order valence-electron chi connectivity index (χ3n) is 4.41. The van der Waals surface area contributed by atoms with E-state index < -0.39 is 0 Å². The summed E-state index contributed by atoms with van der Waals surface area (Å²) in [6.45, 7) is 0. The second-order valence-electron chi connectivity index (χ2n) is 5.76. The number of anilines is 1. The van der Waals surface area contributed by atoms with E-state index >= 15 is 0 Å². The minimum Gasteiger partial charge on any atom is -0.329 e. The monoisotopic (exact) mass is 297 g/mol. The summed E-state index contributed by atoms with van der Waals surface area (Å²) in [5.74, 6) is 1.07. The van der Waals surface area contributed by atoms with Crippen LogP contribution in [0.1, 0.15) is 36.1 Å². The maximum Gasteiger partial charge on any atom is 0.145 e. The van der Waals surface area contributed by atoms with Crippen LogP contribution in [0.4, 0.5) is 5.82 Å². The summed E-state index contributed by atoms with van der Waals surface area (Å²) in [7, 11) is 2.12. The largest absolute Gasteiger partial charge is 0.329 e. The van der Waals surface area contributed by atoms with Gasteiger partial charge in [-0.3, -0.25) is 0 Å². The minimum atomic E-state index is 1.07. The van der Waals surface area contributed by atoms with Crippen LogP contribution in [0.5, 0.6) is 0 Å². The zero-order chi connectivity index (χ0) is 14.2. The highest BCUT2D eigenvalue weighted by Crippen LogP contribution is 2.39. The Labute approximate surface area is 129 Å². The summed E-state index contributed by atoms with van der Waals surface area (Å²) in [6, 6.07) is 0. The Morgan fingerprint density at radius 3 is 2.90 bits per heavy atom. The SMILES string of the molecule is CN(C1=CCCC=C1)c1ncnc2sc3c(c12)CCCC3. The van der Waals surface area contributed by atoms with E-state index in [1.54, 1.807) is 6.33 Å². The van der Waals surface area contributed by atoms with E-state index in [1.165, 1.54) is 47.2 Å². The maximum absolute atomic E-state index is 4.61. The van der Waals surface area contributed by atoms with Crippen LogP contribution >= 0.6 is 11.3 Å². The Bertz CT molecular complexity index is 742. The molecule has 0 N–H and O–H groups in total. The third-order valence-corrected chi connectivity index (χ3v) is 5.61. The van der Waals surface area contributed by atoms with Crippen LogP contribution in [0.2, 0.25) is 0 Å². The number of thiophene rings is 1. The lowest BCUT2D eigenvalue weighted by Gasteiger charge is -2.22. The van der Waals surface area contributed by atoms with E-state index in [2.05, 4.69) is 40.1 Å². The predicted octanol–water partition coefficient (Wildman–Crippen LogP) is 4.24. The summed E-state index contributed by atoms with van der Waals surface area (Å²) in [6.07, 6.45) is 15.7. The number of aromatic nitrogens is 2. The molecule has 2 heterocycles. The summed E-state index contributed by atoms with van der Waals surface area (Å²) in [5, 5.41) is 1.29. The smallest absolute Gasteiger partial charge is 0.145 e. The van der Waals surface area contributed by atoms with E-state index in [4.69, 9.17) is 0 Å². The van der Waals surface area contributed by atoms with Crippen LogP contribution in [0.15, 0.2) is 30.3 Å². The predicted molar refractivity (Wildman–Crippen MR) is 88.9 cm³/mol. The highest BCUT2D eigenvalue weighted by molar-refractivity contribution is 7.19. The molecule has 0 atom stereocenters. The molecule has 21 heavy (non-hydrogen) atoms. The van der Waals surface area contributed by atoms with E-state index in [1.807, 2.05) is 11.3 Å². The molecular weight excluding hydrogens is 278 g/mol. The second kappa shape index (κ2) is 5.26. The van der Waals surface area contributed by atoms with Crippen LogP contribution in [0.25, 0.3) is 10.2 Å². The number of hydrogen-bond donors (Lipinski definition) is 0. The molecule has 0 spiro atoms. The van der Waals surface area contributed by atoms with Crippen molar-refractivity contribution in [3.8, 4) is 0 Å². The fraction of sp³-hybridized carbons (Fsp3) is 0.412. The Morgan fingerprint density at radius 1 is 1.14 bits per heavy atom. The standard InChI is InChI=1S/C17H19N3S/c1-20(12-7-3-2-4-8-12)16-15-13-9-5-6-10-14(13)21-17(15)19-11-18-16/h3,7-8,11H,2,4-6,9-10H2,1H3. The van der Waals surface area contributed by atoms with E-state index in [0.29, 0.717) is 0 Å². The van der Waals surface area contributed by atoms with Crippen LogP contribution < -0.4 is 4.90 Å². The van der Waals surface area contributed by atoms with Crippen molar-refractivity contribution in [3.63, 3.8) is 0 Å². The van der Waals surface area contributed by atoms with Gasteiger partial charge in [0.2, 0.25) is 0 Å². The van der Waals surface area contributed by atoms with Gasteiger partial charge in [0.1, 0.15) is 17.0 Å². The molecule has 0 bridgehead atoms. The van der Waals surface area contributed by atoms with Crippen LogP contribution in [-0.4, -0.2) is 17.0 Å². The van der Waals surface area contributed by atoms with Gasteiger partial charge >= 0.3 is 0 Å². The number of nitrogens with zero attached hydrogens (tertiary/aromatic N) is 3. The zero-order valence-electron chi connectivity index (χ0n) is 12.3. The van der Waals surface area contributed by atoms with Gasteiger partial charge in [-0.2, -0.15) is 0 Å². The molecule has 0 aliphatic heterocycles.